The lowest BCUT2D eigenvalue weighted by molar-refractivity contribution is 0.0713. The highest BCUT2D eigenvalue weighted by Gasteiger charge is 2.26. The standard InChI is InChI=1S/C13H17NO3S/c1-9-8-18-6-5-14(9)13(16)11-4-3-10(17-2)7-12(11)15/h3-4,7,9,15H,5-6,8H2,1-2H3. The van der Waals surface area contributed by atoms with Gasteiger partial charge in [-0.2, -0.15) is 11.8 Å². The molecule has 1 unspecified atom stereocenters. The number of hydrogen-bond donors (Lipinski definition) is 1. The Balaban J connectivity index is 2.22. The number of rotatable bonds is 2. The number of thioether (sulfide) groups is 1. The number of amides is 1. The largest absolute Gasteiger partial charge is 0.507 e. The van der Waals surface area contributed by atoms with Crippen LogP contribution in [-0.2, 0) is 0 Å². The third-order valence-electron chi connectivity index (χ3n) is 3.06. The van der Waals surface area contributed by atoms with Crippen LogP contribution in [0, 0.1) is 0 Å². The van der Waals surface area contributed by atoms with Gasteiger partial charge in [0.05, 0.1) is 12.7 Å². The Labute approximate surface area is 111 Å². The van der Waals surface area contributed by atoms with E-state index in [2.05, 4.69) is 0 Å². The van der Waals surface area contributed by atoms with Crippen LogP contribution in [0.25, 0.3) is 0 Å². The minimum atomic E-state index is -0.108. The molecule has 1 N–H and O–H groups in total. The molecule has 4 nitrogen and oxygen atoms in total. The van der Waals surface area contributed by atoms with Gasteiger partial charge in [0, 0.05) is 30.2 Å². The summed E-state index contributed by atoms with van der Waals surface area (Å²) in [6.07, 6.45) is 0. The van der Waals surface area contributed by atoms with E-state index in [1.165, 1.54) is 13.2 Å². The number of phenolic OH excluding ortho intramolecular Hbond substituents is 1. The maximum atomic E-state index is 12.3. The van der Waals surface area contributed by atoms with Crippen LogP contribution >= 0.6 is 11.8 Å². The summed E-state index contributed by atoms with van der Waals surface area (Å²) in [7, 11) is 1.53. The molecule has 18 heavy (non-hydrogen) atoms. The lowest BCUT2D eigenvalue weighted by Crippen LogP contribution is -2.44. The Hall–Kier alpha value is -1.36. The predicted octanol–water partition coefficient (Wildman–Crippen LogP) is 1.98. The van der Waals surface area contributed by atoms with Crippen LogP contribution in [0.3, 0.4) is 0 Å². The molecule has 1 saturated heterocycles. The fraction of sp³-hybridized carbons (Fsp3) is 0.462. The summed E-state index contributed by atoms with van der Waals surface area (Å²) in [5, 5.41) is 9.88. The van der Waals surface area contributed by atoms with E-state index in [4.69, 9.17) is 4.74 Å². The van der Waals surface area contributed by atoms with Gasteiger partial charge in [-0.1, -0.05) is 0 Å². The van der Waals surface area contributed by atoms with Crippen molar-refractivity contribution >= 4 is 17.7 Å². The third kappa shape index (κ3) is 2.56. The number of carbonyl (C=O) groups is 1. The Morgan fingerprint density at radius 3 is 2.94 bits per heavy atom. The van der Waals surface area contributed by atoms with Crippen molar-refractivity contribution in [1.29, 1.82) is 0 Å². The fourth-order valence-corrected chi connectivity index (χ4v) is 3.02. The van der Waals surface area contributed by atoms with Crippen LogP contribution in [0.4, 0.5) is 0 Å². The average molecular weight is 267 g/mol. The van der Waals surface area contributed by atoms with Gasteiger partial charge in [-0.25, -0.2) is 0 Å². The molecule has 0 bridgehead atoms. The summed E-state index contributed by atoms with van der Waals surface area (Å²) in [4.78, 5) is 14.2. The van der Waals surface area contributed by atoms with Gasteiger partial charge in [0.15, 0.2) is 0 Å². The van der Waals surface area contributed by atoms with Gasteiger partial charge in [-0.05, 0) is 19.1 Å². The highest BCUT2D eigenvalue weighted by molar-refractivity contribution is 7.99. The first-order valence-electron chi connectivity index (χ1n) is 5.89. The van der Waals surface area contributed by atoms with E-state index < -0.39 is 0 Å². The van der Waals surface area contributed by atoms with Gasteiger partial charge >= 0.3 is 0 Å². The summed E-state index contributed by atoms with van der Waals surface area (Å²) in [5.41, 5.74) is 0.342. The van der Waals surface area contributed by atoms with Crippen LogP contribution in [0.15, 0.2) is 18.2 Å². The quantitative estimate of drug-likeness (QED) is 0.890. The van der Waals surface area contributed by atoms with Crippen molar-refractivity contribution in [2.24, 2.45) is 0 Å². The molecule has 0 radical (unpaired) electrons. The average Bonchev–Trinajstić information content (AvgIpc) is 2.38. The first kappa shape index (κ1) is 13.1. The van der Waals surface area contributed by atoms with Crippen molar-refractivity contribution in [2.75, 3.05) is 25.2 Å². The minimum Gasteiger partial charge on any atom is -0.507 e. The van der Waals surface area contributed by atoms with E-state index in [1.807, 2.05) is 23.6 Å². The molecule has 1 amide bonds. The zero-order valence-electron chi connectivity index (χ0n) is 10.5. The number of nitrogens with zero attached hydrogens (tertiary/aromatic N) is 1. The molecule has 1 fully saturated rings. The van der Waals surface area contributed by atoms with Crippen molar-refractivity contribution in [3.8, 4) is 11.5 Å². The van der Waals surface area contributed by atoms with Crippen LogP contribution in [0.2, 0.25) is 0 Å². The number of hydrogen-bond acceptors (Lipinski definition) is 4. The summed E-state index contributed by atoms with van der Waals surface area (Å²) in [5.74, 6) is 2.31. The van der Waals surface area contributed by atoms with Gasteiger partial charge in [-0.15, -0.1) is 0 Å². The van der Waals surface area contributed by atoms with Gasteiger partial charge in [0.25, 0.3) is 5.91 Å². The monoisotopic (exact) mass is 267 g/mol. The minimum absolute atomic E-state index is 0.0234. The molecular formula is C13H17NO3S. The molecule has 1 aromatic rings. The molecule has 5 heteroatoms. The maximum absolute atomic E-state index is 12.3. The van der Waals surface area contributed by atoms with Crippen molar-refractivity contribution in [2.45, 2.75) is 13.0 Å². The SMILES string of the molecule is COc1ccc(C(=O)N2CCSCC2C)c(O)c1. The number of phenols is 1. The van der Waals surface area contributed by atoms with Crippen LogP contribution in [0.5, 0.6) is 11.5 Å². The molecule has 1 aromatic carbocycles. The van der Waals surface area contributed by atoms with Crippen molar-refractivity contribution < 1.29 is 14.6 Å². The topological polar surface area (TPSA) is 49.8 Å². The van der Waals surface area contributed by atoms with Crippen LogP contribution < -0.4 is 4.74 Å². The number of ether oxygens (including phenoxy) is 1. The van der Waals surface area contributed by atoms with Crippen LogP contribution in [-0.4, -0.2) is 47.1 Å². The lowest BCUT2D eigenvalue weighted by Gasteiger charge is -2.33. The summed E-state index contributed by atoms with van der Waals surface area (Å²) in [6.45, 7) is 2.76. The lowest BCUT2D eigenvalue weighted by atomic mass is 10.1. The number of benzene rings is 1. The van der Waals surface area contributed by atoms with Crippen molar-refractivity contribution in [3.63, 3.8) is 0 Å². The molecule has 1 aliphatic heterocycles. The van der Waals surface area contributed by atoms with Gasteiger partial charge in [0.2, 0.25) is 0 Å². The van der Waals surface area contributed by atoms with Crippen molar-refractivity contribution in [3.05, 3.63) is 23.8 Å². The van der Waals surface area contributed by atoms with E-state index in [0.29, 0.717) is 11.3 Å². The highest BCUT2D eigenvalue weighted by atomic mass is 32.2. The number of aromatic hydroxyl groups is 1. The Morgan fingerprint density at radius 1 is 1.56 bits per heavy atom. The molecule has 0 saturated carbocycles. The first-order chi connectivity index (χ1) is 8.63. The van der Waals surface area contributed by atoms with Crippen LogP contribution in [0.1, 0.15) is 17.3 Å². The maximum Gasteiger partial charge on any atom is 0.257 e. The van der Waals surface area contributed by atoms with E-state index in [1.54, 1.807) is 12.1 Å². The zero-order chi connectivity index (χ0) is 13.1. The second kappa shape index (κ2) is 5.52. The molecule has 2 rings (SSSR count). The summed E-state index contributed by atoms with van der Waals surface area (Å²) >= 11 is 1.85. The first-order valence-corrected chi connectivity index (χ1v) is 7.04. The zero-order valence-corrected chi connectivity index (χ0v) is 11.4. The van der Waals surface area contributed by atoms with E-state index in [9.17, 15) is 9.90 Å². The molecule has 1 heterocycles. The second-order valence-corrected chi connectivity index (χ2v) is 5.46. The molecule has 98 valence electrons. The molecule has 1 atom stereocenters. The Morgan fingerprint density at radius 2 is 2.33 bits per heavy atom. The van der Waals surface area contributed by atoms with Gasteiger partial charge in [0.1, 0.15) is 11.5 Å². The third-order valence-corrected chi connectivity index (χ3v) is 4.25. The highest BCUT2D eigenvalue weighted by Crippen LogP contribution is 2.26. The van der Waals surface area contributed by atoms with E-state index in [-0.39, 0.29) is 17.7 Å². The number of methoxy groups -OCH3 is 1. The molecule has 0 aliphatic carbocycles. The molecule has 1 aliphatic rings. The fourth-order valence-electron chi connectivity index (χ4n) is 2.00. The molecule has 0 spiro atoms. The smallest absolute Gasteiger partial charge is 0.257 e. The van der Waals surface area contributed by atoms with E-state index in [0.717, 1.165) is 18.1 Å². The van der Waals surface area contributed by atoms with E-state index >= 15 is 0 Å². The van der Waals surface area contributed by atoms with Gasteiger partial charge < -0.3 is 14.7 Å². The molecular weight excluding hydrogens is 250 g/mol. The number of carbonyl (C=O) groups excluding carboxylic acids is 1. The summed E-state index contributed by atoms with van der Waals surface area (Å²) in [6, 6.07) is 4.98. The second-order valence-electron chi connectivity index (χ2n) is 4.31. The Kier molecular flexibility index (Phi) is 4.01. The molecule has 0 aromatic heterocycles. The predicted molar refractivity (Wildman–Crippen MR) is 72.5 cm³/mol. The normalized spacial score (nSPS) is 19.7. The van der Waals surface area contributed by atoms with Crippen molar-refractivity contribution in [1.82, 2.24) is 4.90 Å². The van der Waals surface area contributed by atoms with Gasteiger partial charge in [-0.3, -0.25) is 4.79 Å². The Bertz CT molecular complexity index is 450. The summed E-state index contributed by atoms with van der Waals surface area (Å²) < 4.78 is 5.01.